The first-order chi connectivity index (χ1) is 9.33. The van der Waals surface area contributed by atoms with Gasteiger partial charge in [-0.1, -0.05) is 0 Å². The molecular weight excluding hydrogens is 242 g/mol. The Morgan fingerprint density at radius 1 is 1.53 bits per heavy atom. The number of aromatic nitrogens is 4. The topological polar surface area (TPSA) is 93.5 Å². The molecule has 0 unspecified atom stereocenters. The lowest BCUT2D eigenvalue weighted by Crippen LogP contribution is -2.28. The molecule has 7 nitrogen and oxygen atoms in total. The largest absolute Gasteiger partial charge is 0.357 e. The third-order valence-corrected chi connectivity index (χ3v) is 3.24. The molecule has 0 aliphatic heterocycles. The first-order valence-corrected chi connectivity index (χ1v) is 6.36. The minimum Gasteiger partial charge on any atom is -0.357 e. The number of rotatable bonds is 5. The molecule has 0 aromatic carbocycles. The number of fused-ring (bicyclic) bond motifs is 1. The van der Waals surface area contributed by atoms with Gasteiger partial charge in [-0.2, -0.15) is 20.3 Å². The van der Waals surface area contributed by atoms with Gasteiger partial charge in [0.05, 0.1) is 24.1 Å². The highest BCUT2D eigenvalue weighted by Crippen LogP contribution is 2.34. The first-order valence-electron chi connectivity index (χ1n) is 6.36. The van der Waals surface area contributed by atoms with Gasteiger partial charge in [0.2, 0.25) is 5.95 Å². The predicted octanol–water partition coefficient (Wildman–Crippen LogP) is 1.28. The van der Waals surface area contributed by atoms with Crippen LogP contribution in [0.5, 0.6) is 0 Å². The summed E-state index contributed by atoms with van der Waals surface area (Å²) in [6.07, 6.45) is 4.55. The van der Waals surface area contributed by atoms with Crippen molar-refractivity contribution in [2.24, 2.45) is 0 Å². The molecular formula is C12H15N7. The summed E-state index contributed by atoms with van der Waals surface area (Å²) in [6, 6.07) is 2.69. The van der Waals surface area contributed by atoms with Gasteiger partial charge in [-0.25, -0.2) is 0 Å². The lowest BCUT2D eigenvalue weighted by Gasteiger charge is -2.23. The van der Waals surface area contributed by atoms with E-state index >= 15 is 0 Å². The molecule has 3 rings (SSSR count). The summed E-state index contributed by atoms with van der Waals surface area (Å²) < 4.78 is 0. The molecule has 1 aliphatic carbocycles. The van der Waals surface area contributed by atoms with Crippen LogP contribution in [0.3, 0.4) is 0 Å². The molecule has 1 aliphatic rings. The number of nitriles is 1. The number of nitrogens with zero attached hydrogens (tertiary/aromatic N) is 5. The van der Waals surface area contributed by atoms with Crippen molar-refractivity contribution in [3.63, 3.8) is 0 Å². The average Bonchev–Trinajstić information content (AvgIpc) is 3.16. The van der Waals surface area contributed by atoms with E-state index in [1.807, 2.05) is 0 Å². The van der Waals surface area contributed by atoms with E-state index in [2.05, 4.69) is 36.5 Å². The first kappa shape index (κ1) is 11.7. The lowest BCUT2D eigenvalue weighted by molar-refractivity contribution is 0.781. The molecule has 2 N–H and O–H groups in total. The zero-order chi connectivity index (χ0) is 13.2. The van der Waals surface area contributed by atoms with E-state index in [0.29, 0.717) is 25.0 Å². The van der Waals surface area contributed by atoms with E-state index in [9.17, 15) is 0 Å². The fourth-order valence-electron chi connectivity index (χ4n) is 2.17. The summed E-state index contributed by atoms with van der Waals surface area (Å²) in [4.78, 5) is 11.1. The second-order valence-electron chi connectivity index (χ2n) is 4.59. The van der Waals surface area contributed by atoms with Gasteiger partial charge in [0.15, 0.2) is 5.65 Å². The van der Waals surface area contributed by atoms with Crippen LogP contribution in [0.4, 0.5) is 11.8 Å². The summed E-state index contributed by atoms with van der Waals surface area (Å²) in [7, 11) is 1.79. The van der Waals surface area contributed by atoms with E-state index in [0.717, 1.165) is 29.7 Å². The molecule has 98 valence electrons. The Balaban J connectivity index is 2.05. The van der Waals surface area contributed by atoms with Crippen LogP contribution in [0.25, 0.3) is 11.0 Å². The minimum atomic E-state index is 0.492. The van der Waals surface area contributed by atoms with Gasteiger partial charge in [-0.15, -0.1) is 0 Å². The van der Waals surface area contributed by atoms with E-state index in [-0.39, 0.29) is 0 Å². The van der Waals surface area contributed by atoms with Gasteiger partial charge in [-0.3, -0.25) is 5.10 Å². The fourth-order valence-corrected chi connectivity index (χ4v) is 2.17. The summed E-state index contributed by atoms with van der Waals surface area (Å²) in [6.45, 7) is 0.696. The molecule has 0 radical (unpaired) electrons. The van der Waals surface area contributed by atoms with Crippen LogP contribution in [0.1, 0.15) is 19.3 Å². The molecule has 2 aromatic rings. The van der Waals surface area contributed by atoms with Gasteiger partial charge >= 0.3 is 0 Å². The van der Waals surface area contributed by atoms with Gasteiger partial charge in [0.1, 0.15) is 5.82 Å². The number of hydrogen-bond donors (Lipinski definition) is 2. The molecule has 1 saturated carbocycles. The molecule has 2 aromatic heterocycles. The number of anilines is 2. The van der Waals surface area contributed by atoms with Gasteiger partial charge in [0.25, 0.3) is 0 Å². The van der Waals surface area contributed by atoms with Crippen molar-refractivity contribution in [3.05, 3.63) is 6.20 Å². The minimum absolute atomic E-state index is 0.492. The van der Waals surface area contributed by atoms with E-state index in [4.69, 9.17) is 5.26 Å². The van der Waals surface area contributed by atoms with Crippen molar-refractivity contribution in [2.75, 3.05) is 23.8 Å². The molecule has 0 saturated heterocycles. The Bertz CT molecular complexity index is 623. The van der Waals surface area contributed by atoms with Crippen molar-refractivity contribution < 1.29 is 0 Å². The summed E-state index contributed by atoms with van der Waals surface area (Å²) in [5.41, 5.74) is 0.719. The maximum Gasteiger partial charge on any atom is 0.226 e. The maximum absolute atomic E-state index is 8.80. The lowest BCUT2D eigenvalue weighted by atomic mass is 10.3. The Labute approximate surface area is 110 Å². The number of H-pyrrole nitrogens is 1. The maximum atomic E-state index is 8.80. The van der Waals surface area contributed by atoms with E-state index < -0.39 is 0 Å². The highest BCUT2D eigenvalue weighted by molar-refractivity contribution is 5.87. The zero-order valence-electron chi connectivity index (χ0n) is 10.7. The smallest absolute Gasteiger partial charge is 0.226 e. The summed E-state index contributed by atoms with van der Waals surface area (Å²) in [5.74, 6) is 1.43. The molecule has 0 amide bonds. The highest BCUT2D eigenvalue weighted by Gasteiger charge is 2.31. The zero-order valence-corrected chi connectivity index (χ0v) is 10.7. The van der Waals surface area contributed by atoms with Crippen molar-refractivity contribution in [1.82, 2.24) is 20.2 Å². The Kier molecular flexibility index (Phi) is 2.91. The second-order valence-corrected chi connectivity index (χ2v) is 4.59. The molecule has 7 heteroatoms. The number of aromatic amines is 1. The monoisotopic (exact) mass is 257 g/mol. The van der Waals surface area contributed by atoms with E-state index in [1.54, 1.807) is 13.2 Å². The van der Waals surface area contributed by atoms with Crippen LogP contribution in [0.2, 0.25) is 0 Å². The number of nitrogens with one attached hydrogen (secondary N) is 2. The molecule has 0 spiro atoms. The molecule has 19 heavy (non-hydrogen) atoms. The van der Waals surface area contributed by atoms with Crippen LogP contribution in [0, 0.1) is 11.3 Å². The summed E-state index contributed by atoms with van der Waals surface area (Å²) in [5, 5.41) is 19.6. The normalized spacial score (nSPS) is 14.3. The predicted molar refractivity (Wildman–Crippen MR) is 71.8 cm³/mol. The van der Waals surface area contributed by atoms with Crippen molar-refractivity contribution >= 4 is 22.8 Å². The molecule has 2 heterocycles. The van der Waals surface area contributed by atoms with E-state index in [1.165, 1.54) is 0 Å². The number of hydrogen-bond acceptors (Lipinski definition) is 6. The van der Waals surface area contributed by atoms with Gasteiger partial charge in [0, 0.05) is 19.6 Å². The Hall–Kier alpha value is -2.36. The van der Waals surface area contributed by atoms with Gasteiger partial charge < -0.3 is 10.2 Å². The summed E-state index contributed by atoms with van der Waals surface area (Å²) >= 11 is 0. The highest BCUT2D eigenvalue weighted by atomic mass is 15.3. The van der Waals surface area contributed by atoms with Crippen molar-refractivity contribution in [2.45, 2.75) is 25.3 Å². The molecule has 0 bridgehead atoms. The third-order valence-electron chi connectivity index (χ3n) is 3.24. The molecule has 0 atom stereocenters. The van der Waals surface area contributed by atoms with Crippen molar-refractivity contribution in [3.8, 4) is 6.07 Å². The van der Waals surface area contributed by atoms with Gasteiger partial charge in [-0.05, 0) is 12.8 Å². The van der Waals surface area contributed by atoms with Crippen LogP contribution in [0.15, 0.2) is 6.20 Å². The van der Waals surface area contributed by atoms with Crippen LogP contribution in [-0.4, -0.2) is 39.8 Å². The van der Waals surface area contributed by atoms with Crippen LogP contribution < -0.4 is 10.2 Å². The second kappa shape index (κ2) is 4.72. The van der Waals surface area contributed by atoms with Crippen molar-refractivity contribution in [1.29, 1.82) is 5.26 Å². The SMILES string of the molecule is CNc1nc(N(CCC#N)C2CC2)c2cn[nH]c2n1. The average molecular weight is 257 g/mol. The Morgan fingerprint density at radius 3 is 3.05 bits per heavy atom. The quantitative estimate of drug-likeness (QED) is 0.838. The Morgan fingerprint density at radius 2 is 2.37 bits per heavy atom. The molecule has 1 fully saturated rings. The van der Waals surface area contributed by atoms with Crippen LogP contribution in [-0.2, 0) is 0 Å². The van der Waals surface area contributed by atoms with Crippen LogP contribution >= 0.6 is 0 Å². The fraction of sp³-hybridized carbons (Fsp3) is 0.500. The third kappa shape index (κ3) is 2.17. The standard InChI is InChI=1S/C12H15N7/c1-14-12-16-10-9(7-15-18-10)11(17-12)19(6-2-5-13)8-3-4-8/h7-8H,2-4,6H2,1H3,(H2,14,15,16,17,18).